The fraction of sp³-hybridized carbons (Fsp3) is 0.300. The van der Waals surface area contributed by atoms with Crippen molar-refractivity contribution in [3.63, 3.8) is 0 Å². The maximum absolute atomic E-state index is 9.79. The smallest absolute Gasteiger partial charge is 0.173 e. The van der Waals surface area contributed by atoms with Crippen LogP contribution in [0.4, 0.5) is 5.69 Å². The molecule has 0 unspecified atom stereocenters. The maximum Gasteiger partial charge on any atom is 0.173 e. The first-order chi connectivity index (χ1) is 12.2. The third-order valence-electron chi connectivity index (χ3n) is 4.79. The molecule has 0 saturated carbocycles. The largest absolute Gasteiger partial charge is 0.495 e. The summed E-state index contributed by atoms with van der Waals surface area (Å²) < 4.78 is 5.36. The zero-order valence-corrected chi connectivity index (χ0v) is 15.1. The van der Waals surface area contributed by atoms with Crippen LogP contribution >= 0.6 is 12.2 Å². The fourth-order valence-electron chi connectivity index (χ4n) is 3.26. The molecule has 1 heterocycles. The summed E-state index contributed by atoms with van der Waals surface area (Å²) in [5.74, 6) is 0.762. The number of ether oxygens (including phenoxy) is 1. The number of nitrogens with one attached hydrogen (secondary N) is 1. The Kier molecular flexibility index (Phi) is 5.20. The molecule has 2 aromatic carbocycles. The van der Waals surface area contributed by atoms with Crippen LogP contribution in [0.2, 0.25) is 0 Å². The highest BCUT2D eigenvalue weighted by Crippen LogP contribution is 2.35. The fourth-order valence-corrected chi connectivity index (χ4v) is 3.55. The minimum atomic E-state index is -0.419. The second kappa shape index (κ2) is 7.54. The molecule has 0 atom stereocenters. The maximum atomic E-state index is 9.79. The number of anilines is 1. The third kappa shape index (κ3) is 3.59. The van der Waals surface area contributed by atoms with Crippen LogP contribution in [-0.4, -0.2) is 30.2 Å². The monoisotopic (exact) mass is 351 g/mol. The van der Waals surface area contributed by atoms with Crippen molar-refractivity contribution in [2.75, 3.05) is 25.5 Å². The molecule has 0 radical (unpaired) electrons. The summed E-state index contributed by atoms with van der Waals surface area (Å²) in [6, 6.07) is 20.3. The molecular weight excluding hydrogens is 330 g/mol. The van der Waals surface area contributed by atoms with Gasteiger partial charge in [-0.05, 0) is 42.8 Å². The van der Waals surface area contributed by atoms with Crippen LogP contribution in [0.1, 0.15) is 18.4 Å². The first-order valence-electron chi connectivity index (χ1n) is 8.34. The number of nitrogens with zero attached hydrogens (tertiary/aromatic N) is 2. The van der Waals surface area contributed by atoms with Gasteiger partial charge in [0.15, 0.2) is 5.11 Å². The van der Waals surface area contributed by atoms with Gasteiger partial charge in [0.05, 0.1) is 24.3 Å². The van der Waals surface area contributed by atoms with Crippen molar-refractivity contribution in [2.24, 2.45) is 0 Å². The lowest BCUT2D eigenvalue weighted by Crippen LogP contribution is -2.46. The summed E-state index contributed by atoms with van der Waals surface area (Å²) in [4.78, 5) is 2.13. The van der Waals surface area contributed by atoms with Crippen molar-refractivity contribution in [2.45, 2.75) is 18.3 Å². The predicted octanol–water partition coefficient (Wildman–Crippen LogP) is 3.95. The van der Waals surface area contributed by atoms with E-state index in [1.54, 1.807) is 7.11 Å². The van der Waals surface area contributed by atoms with E-state index < -0.39 is 5.41 Å². The van der Waals surface area contributed by atoms with Gasteiger partial charge >= 0.3 is 0 Å². The molecule has 3 rings (SSSR count). The van der Waals surface area contributed by atoms with Gasteiger partial charge in [0.1, 0.15) is 5.75 Å². The van der Waals surface area contributed by atoms with Gasteiger partial charge in [0, 0.05) is 13.1 Å². The summed E-state index contributed by atoms with van der Waals surface area (Å²) >= 11 is 5.57. The molecule has 1 aliphatic heterocycles. The Hall–Kier alpha value is -2.58. The van der Waals surface area contributed by atoms with Gasteiger partial charge in [0.25, 0.3) is 0 Å². The molecule has 0 aliphatic carbocycles. The van der Waals surface area contributed by atoms with E-state index in [1.165, 1.54) is 0 Å². The van der Waals surface area contributed by atoms with E-state index in [0.29, 0.717) is 5.11 Å². The van der Waals surface area contributed by atoms with Crippen LogP contribution in [0.25, 0.3) is 0 Å². The molecule has 5 heteroatoms. The van der Waals surface area contributed by atoms with E-state index in [9.17, 15) is 5.26 Å². The molecule has 0 bridgehead atoms. The zero-order chi connectivity index (χ0) is 17.7. The number of para-hydroxylation sites is 2. The number of likely N-dealkylation sites (tertiary alicyclic amines) is 1. The van der Waals surface area contributed by atoms with Gasteiger partial charge in [-0.1, -0.05) is 42.5 Å². The van der Waals surface area contributed by atoms with Crippen molar-refractivity contribution >= 4 is 23.0 Å². The van der Waals surface area contributed by atoms with Crippen molar-refractivity contribution in [3.05, 3.63) is 60.2 Å². The summed E-state index contributed by atoms with van der Waals surface area (Å²) in [5.41, 5.74) is 1.54. The standard InChI is InChI=1S/C20H21N3OS/c1-24-18-10-6-5-9-17(18)22-19(25)23-13-11-20(15-21,12-14-23)16-7-3-2-4-8-16/h2-10H,11-14H2,1H3,(H,22,25). The van der Waals surface area contributed by atoms with Crippen LogP contribution in [0.3, 0.4) is 0 Å². The Morgan fingerprint density at radius 1 is 1.12 bits per heavy atom. The lowest BCUT2D eigenvalue weighted by Gasteiger charge is -2.38. The number of hydrogen-bond donors (Lipinski definition) is 1. The molecule has 4 nitrogen and oxygen atoms in total. The van der Waals surface area contributed by atoms with Gasteiger partial charge in [-0.2, -0.15) is 5.26 Å². The van der Waals surface area contributed by atoms with E-state index in [4.69, 9.17) is 17.0 Å². The Morgan fingerprint density at radius 2 is 1.76 bits per heavy atom. The summed E-state index contributed by atoms with van der Waals surface area (Å²) in [6.45, 7) is 1.51. The van der Waals surface area contributed by atoms with E-state index in [1.807, 2.05) is 54.6 Å². The van der Waals surface area contributed by atoms with Crippen LogP contribution in [0, 0.1) is 11.3 Å². The number of nitriles is 1. The van der Waals surface area contributed by atoms with Crippen LogP contribution in [0.15, 0.2) is 54.6 Å². The highest BCUT2D eigenvalue weighted by atomic mass is 32.1. The van der Waals surface area contributed by atoms with E-state index in [0.717, 1.165) is 42.9 Å². The number of thiocarbonyl (C=S) groups is 1. The molecule has 1 saturated heterocycles. The van der Waals surface area contributed by atoms with Crippen molar-refractivity contribution in [3.8, 4) is 11.8 Å². The molecule has 1 aliphatic rings. The summed E-state index contributed by atoms with van der Waals surface area (Å²) in [7, 11) is 1.64. The lowest BCUT2D eigenvalue weighted by atomic mass is 9.74. The van der Waals surface area contributed by atoms with Gasteiger partial charge in [-0.15, -0.1) is 0 Å². The minimum absolute atomic E-state index is 0.419. The van der Waals surface area contributed by atoms with Crippen LogP contribution in [-0.2, 0) is 5.41 Å². The Morgan fingerprint density at radius 3 is 2.40 bits per heavy atom. The zero-order valence-electron chi connectivity index (χ0n) is 14.2. The average Bonchev–Trinajstić information content (AvgIpc) is 2.69. The van der Waals surface area contributed by atoms with E-state index in [-0.39, 0.29) is 0 Å². The molecule has 1 fully saturated rings. The average molecular weight is 351 g/mol. The number of methoxy groups -OCH3 is 1. The Balaban J connectivity index is 1.68. The Bertz CT molecular complexity index is 777. The number of rotatable bonds is 3. The molecule has 25 heavy (non-hydrogen) atoms. The van der Waals surface area contributed by atoms with Gasteiger partial charge in [-0.25, -0.2) is 0 Å². The number of benzene rings is 2. The second-order valence-electron chi connectivity index (χ2n) is 6.18. The molecule has 2 aromatic rings. The molecule has 0 spiro atoms. The summed E-state index contributed by atoms with van der Waals surface area (Å²) in [6.07, 6.45) is 1.53. The molecule has 0 aromatic heterocycles. The Labute approximate surface area is 154 Å². The third-order valence-corrected chi connectivity index (χ3v) is 5.15. The molecular formula is C20H21N3OS. The van der Waals surface area contributed by atoms with Crippen molar-refractivity contribution < 1.29 is 4.74 Å². The minimum Gasteiger partial charge on any atom is -0.495 e. The van der Waals surface area contributed by atoms with E-state index in [2.05, 4.69) is 16.3 Å². The predicted molar refractivity (Wildman–Crippen MR) is 104 cm³/mol. The molecule has 1 N–H and O–H groups in total. The van der Waals surface area contributed by atoms with Gasteiger partial charge in [0.2, 0.25) is 0 Å². The topological polar surface area (TPSA) is 48.3 Å². The van der Waals surface area contributed by atoms with Crippen LogP contribution in [0.5, 0.6) is 5.75 Å². The number of piperidine rings is 1. The van der Waals surface area contributed by atoms with Gasteiger partial charge in [-0.3, -0.25) is 0 Å². The van der Waals surface area contributed by atoms with Crippen molar-refractivity contribution in [1.29, 1.82) is 5.26 Å². The van der Waals surface area contributed by atoms with Crippen LogP contribution < -0.4 is 10.1 Å². The highest BCUT2D eigenvalue weighted by Gasteiger charge is 2.37. The number of hydrogen-bond acceptors (Lipinski definition) is 3. The van der Waals surface area contributed by atoms with Gasteiger partial charge < -0.3 is 15.0 Å². The summed E-state index contributed by atoms with van der Waals surface area (Å²) in [5, 5.41) is 13.7. The normalized spacial score (nSPS) is 15.9. The first-order valence-corrected chi connectivity index (χ1v) is 8.75. The quantitative estimate of drug-likeness (QED) is 0.849. The lowest BCUT2D eigenvalue weighted by molar-refractivity contribution is 0.272. The second-order valence-corrected chi connectivity index (χ2v) is 6.56. The van der Waals surface area contributed by atoms with E-state index >= 15 is 0 Å². The highest BCUT2D eigenvalue weighted by molar-refractivity contribution is 7.80. The molecule has 0 amide bonds. The first kappa shape index (κ1) is 17.2. The van der Waals surface area contributed by atoms with Crippen molar-refractivity contribution in [1.82, 2.24) is 4.90 Å². The molecule has 128 valence electrons. The SMILES string of the molecule is COc1ccccc1NC(=S)N1CCC(C#N)(c2ccccc2)CC1.